The van der Waals surface area contributed by atoms with E-state index >= 15 is 0 Å². The van der Waals surface area contributed by atoms with Gasteiger partial charge in [-0.1, -0.05) is 53.8 Å². The first-order valence-corrected chi connectivity index (χ1v) is 12.0. The minimum Gasteiger partial charge on any atom is -0.493 e. The molecule has 6 nitrogen and oxygen atoms in total. The number of carbonyl (C=O) groups is 1. The molecule has 0 N–H and O–H groups in total. The SMILES string of the molecule is COc1cc(/C=C2\SC(=S)N(C[C@H]3CCCO3)C2=O)cc(Cl)c1OCc1ccccc1C#N. The van der Waals surface area contributed by atoms with E-state index in [9.17, 15) is 10.1 Å². The van der Waals surface area contributed by atoms with Gasteiger partial charge in [-0.15, -0.1) is 0 Å². The number of methoxy groups -OCH3 is 1. The summed E-state index contributed by atoms with van der Waals surface area (Å²) in [6, 6.07) is 12.8. The molecule has 0 saturated carbocycles. The van der Waals surface area contributed by atoms with Gasteiger partial charge in [0, 0.05) is 12.2 Å². The summed E-state index contributed by atoms with van der Waals surface area (Å²) in [6.07, 6.45) is 3.72. The van der Waals surface area contributed by atoms with E-state index in [-0.39, 0.29) is 18.6 Å². The molecule has 2 aromatic carbocycles. The predicted octanol–water partition coefficient (Wildman–Crippen LogP) is 5.18. The molecule has 9 heteroatoms. The molecule has 33 heavy (non-hydrogen) atoms. The van der Waals surface area contributed by atoms with Gasteiger partial charge in [-0.3, -0.25) is 9.69 Å². The molecule has 170 valence electrons. The zero-order chi connectivity index (χ0) is 23.4. The normalized spacial score (nSPS) is 19.2. The molecule has 0 aromatic heterocycles. The van der Waals surface area contributed by atoms with E-state index in [1.54, 1.807) is 35.2 Å². The number of carbonyl (C=O) groups excluding carboxylic acids is 1. The zero-order valence-electron chi connectivity index (χ0n) is 17.9. The van der Waals surface area contributed by atoms with E-state index in [1.165, 1.54) is 18.9 Å². The Bertz CT molecular complexity index is 1160. The fraction of sp³-hybridized carbons (Fsp3) is 0.292. The summed E-state index contributed by atoms with van der Waals surface area (Å²) in [7, 11) is 1.52. The van der Waals surface area contributed by atoms with Gasteiger partial charge in [0.1, 0.15) is 10.9 Å². The highest BCUT2D eigenvalue weighted by atomic mass is 35.5. The van der Waals surface area contributed by atoms with Gasteiger partial charge in [0.25, 0.3) is 5.91 Å². The lowest BCUT2D eigenvalue weighted by Gasteiger charge is -2.18. The average Bonchev–Trinajstić information content (AvgIpc) is 3.42. The average molecular weight is 501 g/mol. The van der Waals surface area contributed by atoms with Crippen LogP contribution in [0.25, 0.3) is 6.08 Å². The highest BCUT2D eigenvalue weighted by Crippen LogP contribution is 2.39. The van der Waals surface area contributed by atoms with Crippen molar-refractivity contribution < 1.29 is 19.0 Å². The van der Waals surface area contributed by atoms with E-state index in [0.29, 0.717) is 43.4 Å². The Labute approximate surface area is 207 Å². The first-order valence-electron chi connectivity index (χ1n) is 10.4. The van der Waals surface area contributed by atoms with Crippen LogP contribution >= 0.6 is 35.6 Å². The lowest BCUT2D eigenvalue weighted by molar-refractivity contribution is -0.123. The molecule has 0 radical (unpaired) electrons. The fourth-order valence-corrected chi connectivity index (χ4v) is 5.22. The number of nitrogens with zero attached hydrogens (tertiary/aromatic N) is 2. The molecular weight excluding hydrogens is 480 g/mol. The van der Waals surface area contributed by atoms with E-state index in [2.05, 4.69) is 6.07 Å². The third-order valence-electron chi connectivity index (χ3n) is 5.34. The van der Waals surface area contributed by atoms with Gasteiger partial charge in [-0.25, -0.2) is 0 Å². The van der Waals surface area contributed by atoms with Crippen LogP contribution in [-0.2, 0) is 16.1 Å². The van der Waals surface area contributed by atoms with Crippen LogP contribution in [0, 0.1) is 11.3 Å². The van der Waals surface area contributed by atoms with Gasteiger partial charge in [0.15, 0.2) is 11.5 Å². The largest absolute Gasteiger partial charge is 0.493 e. The van der Waals surface area contributed by atoms with Gasteiger partial charge < -0.3 is 14.2 Å². The van der Waals surface area contributed by atoms with Crippen molar-refractivity contribution in [1.82, 2.24) is 4.90 Å². The van der Waals surface area contributed by atoms with Crippen molar-refractivity contribution in [3.05, 3.63) is 63.0 Å². The maximum atomic E-state index is 12.9. The van der Waals surface area contributed by atoms with Crippen molar-refractivity contribution in [3.63, 3.8) is 0 Å². The molecule has 2 fully saturated rings. The lowest BCUT2D eigenvalue weighted by atomic mass is 10.1. The smallest absolute Gasteiger partial charge is 0.266 e. The first kappa shape index (κ1) is 23.6. The quantitative estimate of drug-likeness (QED) is 0.383. The molecule has 4 rings (SSSR count). The summed E-state index contributed by atoms with van der Waals surface area (Å²) in [5.74, 6) is 0.664. The van der Waals surface area contributed by atoms with E-state index in [1.807, 2.05) is 12.1 Å². The van der Waals surface area contributed by atoms with Crippen molar-refractivity contribution in [2.24, 2.45) is 0 Å². The second-order valence-corrected chi connectivity index (χ2v) is 9.60. The zero-order valence-corrected chi connectivity index (χ0v) is 20.3. The summed E-state index contributed by atoms with van der Waals surface area (Å²) in [4.78, 5) is 15.0. The Morgan fingerprint density at radius 3 is 2.94 bits per heavy atom. The van der Waals surface area contributed by atoms with Crippen LogP contribution in [0.3, 0.4) is 0 Å². The first-order chi connectivity index (χ1) is 16.0. The summed E-state index contributed by atoms with van der Waals surface area (Å²) in [6.45, 7) is 1.37. The molecule has 0 aliphatic carbocycles. The van der Waals surface area contributed by atoms with Gasteiger partial charge in [-0.2, -0.15) is 5.26 Å². The van der Waals surface area contributed by atoms with E-state index in [4.69, 9.17) is 38.0 Å². The van der Waals surface area contributed by atoms with Crippen LogP contribution in [0.15, 0.2) is 41.3 Å². The Morgan fingerprint density at radius 1 is 1.39 bits per heavy atom. The maximum Gasteiger partial charge on any atom is 0.266 e. The predicted molar refractivity (Wildman–Crippen MR) is 132 cm³/mol. The molecular formula is C24H21ClN2O4S2. The maximum absolute atomic E-state index is 12.9. The number of ether oxygens (including phenoxy) is 3. The summed E-state index contributed by atoms with van der Waals surface area (Å²) in [5.41, 5.74) is 1.98. The second kappa shape index (κ2) is 10.6. The molecule has 2 aromatic rings. The van der Waals surface area contributed by atoms with Crippen molar-refractivity contribution in [3.8, 4) is 17.6 Å². The number of rotatable bonds is 7. The summed E-state index contributed by atoms with van der Waals surface area (Å²) < 4.78 is 17.6. The monoisotopic (exact) mass is 500 g/mol. The molecule has 2 saturated heterocycles. The van der Waals surface area contributed by atoms with Crippen molar-refractivity contribution in [2.75, 3.05) is 20.3 Å². The molecule has 1 atom stereocenters. The number of nitriles is 1. The molecule has 2 aliphatic rings. The second-order valence-electron chi connectivity index (χ2n) is 7.52. The Hall–Kier alpha value is -2.57. The number of hydrogen-bond acceptors (Lipinski definition) is 7. The highest BCUT2D eigenvalue weighted by Gasteiger charge is 2.34. The van der Waals surface area contributed by atoms with E-state index < -0.39 is 0 Å². The highest BCUT2D eigenvalue weighted by molar-refractivity contribution is 8.26. The van der Waals surface area contributed by atoms with Gasteiger partial charge in [0.05, 0.1) is 41.3 Å². The number of benzene rings is 2. The Kier molecular flexibility index (Phi) is 7.56. The number of amides is 1. The molecule has 0 bridgehead atoms. The number of hydrogen-bond donors (Lipinski definition) is 0. The fourth-order valence-electron chi connectivity index (χ4n) is 3.67. The molecule has 2 heterocycles. The van der Waals surface area contributed by atoms with Crippen LogP contribution in [-0.4, -0.2) is 41.5 Å². The lowest BCUT2D eigenvalue weighted by Crippen LogP contribution is -2.35. The van der Waals surface area contributed by atoms with Crippen molar-refractivity contribution in [1.29, 1.82) is 5.26 Å². The summed E-state index contributed by atoms with van der Waals surface area (Å²) in [5, 5.41) is 9.61. The van der Waals surface area contributed by atoms with Crippen LogP contribution in [0.4, 0.5) is 0 Å². The molecule has 0 unspecified atom stereocenters. The Balaban J connectivity index is 1.52. The third-order valence-corrected chi connectivity index (χ3v) is 7.00. The van der Waals surface area contributed by atoms with Crippen molar-refractivity contribution >= 4 is 51.9 Å². The summed E-state index contributed by atoms with van der Waals surface area (Å²) >= 11 is 13.2. The van der Waals surface area contributed by atoms with Gasteiger partial charge >= 0.3 is 0 Å². The van der Waals surface area contributed by atoms with Crippen LogP contribution in [0.5, 0.6) is 11.5 Å². The minimum absolute atomic E-state index is 0.0315. The van der Waals surface area contributed by atoms with Crippen LogP contribution < -0.4 is 9.47 Å². The van der Waals surface area contributed by atoms with Crippen molar-refractivity contribution in [2.45, 2.75) is 25.6 Å². The van der Waals surface area contributed by atoms with E-state index in [0.717, 1.165) is 25.0 Å². The van der Waals surface area contributed by atoms with Crippen LogP contribution in [0.1, 0.15) is 29.5 Å². The van der Waals surface area contributed by atoms with Crippen LogP contribution in [0.2, 0.25) is 5.02 Å². The number of halogens is 1. The third kappa shape index (κ3) is 5.33. The van der Waals surface area contributed by atoms with Gasteiger partial charge in [0.2, 0.25) is 0 Å². The Morgan fingerprint density at radius 2 is 2.21 bits per heavy atom. The minimum atomic E-state index is -0.135. The number of thiocarbonyl (C=S) groups is 1. The molecule has 0 spiro atoms. The standard InChI is InChI=1S/C24H21ClN2O4S2/c1-29-20-10-15(9-19(25)22(20)31-14-17-6-3-2-5-16(17)12-26)11-21-23(28)27(24(32)33-21)13-18-7-4-8-30-18/h2-3,5-6,9-11,18H,4,7-8,13-14H2,1H3/b21-11-/t18-/m1/s1. The molecule has 1 amide bonds. The molecule has 2 aliphatic heterocycles. The topological polar surface area (TPSA) is 71.8 Å². The van der Waals surface area contributed by atoms with Gasteiger partial charge in [-0.05, 0) is 42.7 Å². The number of thioether (sulfide) groups is 1.